The Bertz CT molecular complexity index is 394. The number of thioether (sulfide) groups is 1. The summed E-state index contributed by atoms with van der Waals surface area (Å²) < 4.78 is 0.688. The highest BCUT2D eigenvalue weighted by Gasteiger charge is 2.17. The number of carbonyl (C=O) groups excluding carboxylic acids is 1. The van der Waals surface area contributed by atoms with Gasteiger partial charge < -0.3 is 5.32 Å². The van der Waals surface area contributed by atoms with Gasteiger partial charge in [0.05, 0.1) is 5.69 Å². The van der Waals surface area contributed by atoms with Gasteiger partial charge in [0, 0.05) is 12.6 Å². The molecule has 1 aliphatic rings. The van der Waals surface area contributed by atoms with Crippen LogP contribution < -0.4 is 5.32 Å². The zero-order valence-corrected chi connectivity index (χ0v) is 11.9. The van der Waals surface area contributed by atoms with Gasteiger partial charge in [-0.25, -0.2) is 4.98 Å². The van der Waals surface area contributed by atoms with Gasteiger partial charge >= 0.3 is 0 Å². The summed E-state index contributed by atoms with van der Waals surface area (Å²) >= 11 is 5.30. The number of anilines is 1. The molecule has 1 aromatic heterocycles. The van der Waals surface area contributed by atoms with Crippen LogP contribution in [0.3, 0.4) is 0 Å². The van der Waals surface area contributed by atoms with E-state index in [2.05, 4.69) is 26.2 Å². The number of hydrogen-bond donors (Lipinski definition) is 1. The van der Waals surface area contributed by atoms with E-state index in [1.807, 2.05) is 23.9 Å². The van der Waals surface area contributed by atoms with Gasteiger partial charge in [0.15, 0.2) is 0 Å². The lowest BCUT2D eigenvalue weighted by Crippen LogP contribution is -2.19. The van der Waals surface area contributed by atoms with Crippen LogP contribution in [0.4, 0.5) is 5.69 Å². The zero-order valence-electron chi connectivity index (χ0n) is 9.49. The van der Waals surface area contributed by atoms with Gasteiger partial charge in [-0.2, -0.15) is 11.8 Å². The molecule has 1 amide bonds. The minimum atomic E-state index is 0.0931. The molecule has 0 atom stereocenters. The summed E-state index contributed by atoms with van der Waals surface area (Å²) in [6, 6.07) is 3.67. The van der Waals surface area contributed by atoms with Gasteiger partial charge in [-0.15, -0.1) is 0 Å². The Kier molecular flexibility index (Phi) is 4.86. The van der Waals surface area contributed by atoms with Gasteiger partial charge in [0.25, 0.3) is 0 Å². The van der Waals surface area contributed by atoms with Crippen molar-refractivity contribution in [2.24, 2.45) is 5.92 Å². The molecule has 0 spiro atoms. The van der Waals surface area contributed by atoms with Crippen LogP contribution in [0, 0.1) is 5.92 Å². The molecule has 17 heavy (non-hydrogen) atoms. The summed E-state index contributed by atoms with van der Waals surface area (Å²) in [6.07, 6.45) is 4.64. The molecule has 1 saturated heterocycles. The summed E-state index contributed by atoms with van der Waals surface area (Å²) in [7, 11) is 0. The van der Waals surface area contributed by atoms with E-state index in [-0.39, 0.29) is 5.91 Å². The lowest BCUT2D eigenvalue weighted by Gasteiger charge is -2.20. The van der Waals surface area contributed by atoms with Crippen molar-refractivity contribution in [1.29, 1.82) is 0 Å². The molecule has 1 fully saturated rings. The van der Waals surface area contributed by atoms with Crippen LogP contribution in [0.5, 0.6) is 0 Å². The third-order valence-corrected chi connectivity index (χ3v) is 4.53. The third kappa shape index (κ3) is 4.00. The maximum Gasteiger partial charge on any atom is 0.224 e. The Morgan fingerprint density at radius 1 is 1.53 bits per heavy atom. The van der Waals surface area contributed by atoms with Crippen molar-refractivity contribution >= 4 is 39.3 Å². The van der Waals surface area contributed by atoms with E-state index < -0.39 is 0 Å². The molecule has 2 heterocycles. The van der Waals surface area contributed by atoms with E-state index in [0.29, 0.717) is 16.9 Å². The number of amides is 1. The maximum atomic E-state index is 11.9. The molecule has 92 valence electrons. The number of hydrogen-bond acceptors (Lipinski definition) is 3. The first-order valence-corrected chi connectivity index (χ1v) is 7.68. The van der Waals surface area contributed by atoms with Crippen LogP contribution in [-0.4, -0.2) is 22.4 Å². The average molecular weight is 315 g/mol. The molecule has 0 saturated carbocycles. The predicted molar refractivity (Wildman–Crippen MR) is 75.2 cm³/mol. The molecule has 2 rings (SSSR count). The Balaban J connectivity index is 1.86. The van der Waals surface area contributed by atoms with Crippen molar-refractivity contribution in [2.75, 3.05) is 16.8 Å². The summed E-state index contributed by atoms with van der Waals surface area (Å²) in [5.41, 5.74) is 0.752. The lowest BCUT2D eigenvalue weighted by atomic mass is 9.98. The molecular formula is C12H15BrN2OS. The van der Waals surface area contributed by atoms with Gasteiger partial charge in [-0.1, -0.05) is 0 Å². The minimum Gasteiger partial charge on any atom is -0.324 e. The minimum absolute atomic E-state index is 0.0931. The molecule has 5 heteroatoms. The third-order valence-electron chi connectivity index (χ3n) is 2.85. The number of pyridine rings is 1. The Morgan fingerprint density at radius 2 is 2.29 bits per heavy atom. The molecule has 0 aliphatic carbocycles. The van der Waals surface area contributed by atoms with E-state index in [4.69, 9.17) is 0 Å². The van der Waals surface area contributed by atoms with Crippen LogP contribution in [-0.2, 0) is 4.79 Å². The van der Waals surface area contributed by atoms with E-state index in [0.717, 1.165) is 18.5 Å². The van der Waals surface area contributed by atoms with Crippen LogP contribution in [0.1, 0.15) is 19.3 Å². The fourth-order valence-corrected chi connectivity index (χ4v) is 3.45. The second kappa shape index (κ2) is 6.40. The number of aromatic nitrogens is 1. The van der Waals surface area contributed by atoms with Gasteiger partial charge in [0.1, 0.15) is 4.60 Å². The second-order valence-electron chi connectivity index (χ2n) is 4.15. The fourth-order valence-electron chi connectivity index (χ4n) is 1.89. The lowest BCUT2D eigenvalue weighted by molar-refractivity contribution is -0.117. The van der Waals surface area contributed by atoms with Crippen molar-refractivity contribution < 1.29 is 4.79 Å². The fraction of sp³-hybridized carbons (Fsp3) is 0.500. The monoisotopic (exact) mass is 314 g/mol. The first kappa shape index (κ1) is 12.9. The molecule has 1 aliphatic heterocycles. The first-order chi connectivity index (χ1) is 8.25. The highest BCUT2D eigenvalue weighted by molar-refractivity contribution is 9.10. The van der Waals surface area contributed by atoms with Crippen LogP contribution in [0.2, 0.25) is 0 Å². The van der Waals surface area contributed by atoms with Crippen LogP contribution >= 0.6 is 27.7 Å². The molecule has 0 aromatic carbocycles. The number of halogens is 1. The van der Waals surface area contributed by atoms with Gasteiger partial charge in [-0.3, -0.25) is 4.79 Å². The van der Waals surface area contributed by atoms with Crippen LogP contribution in [0.25, 0.3) is 0 Å². The summed E-state index contributed by atoms with van der Waals surface area (Å²) in [5, 5.41) is 2.90. The summed E-state index contributed by atoms with van der Waals surface area (Å²) in [5.74, 6) is 3.02. The van der Waals surface area contributed by atoms with Crippen molar-refractivity contribution in [3.8, 4) is 0 Å². The van der Waals surface area contributed by atoms with E-state index in [1.54, 1.807) is 6.20 Å². The highest BCUT2D eigenvalue weighted by atomic mass is 79.9. The average Bonchev–Trinajstić information content (AvgIpc) is 2.33. The largest absolute Gasteiger partial charge is 0.324 e. The van der Waals surface area contributed by atoms with Crippen molar-refractivity contribution in [3.63, 3.8) is 0 Å². The van der Waals surface area contributed by atoms with Crippen LogP contribution in [0.15, 0.2) is 22.9 Å². The molecule has 0 bridgehead atoms. The van der Waals surface area contributed by atoms with Gasteiger partial charge in [-0.05, 0) is 58.3 Å². The van der Waals surface area contributed by atoms with Crippen molar-refractivity contribution in [1.82, 2.24) is 4.98 Å². The molecule has 0 radical (unpaired) electrons. The van der Waals surface area contributed by atoms with E-state index in [1.165, 1.54) is 11.5 Å². The normalized spacial score (nSPS) is 16.8. The maximum absolute atomic E-state index is 11.9. The summed E-state index contributed by atoms with van der Waals surface area (Å²) in [4.78, 5) is 15.9. The molecule has 3 nitrogen and oxygen atoms in total. The Morgan fingerprint density at radius 3 is 3.00 bits per heavy atom. The molecular weight excluding hydrogens is 300 g/mol. The number of rotatable bonds is 3. The number of nitrogens with zero attached hydrogens (tertiary/aromatic N) is 1. The standard InChI is InChI=1S/C12H15BrN2OS/c13-12-10(2-1-5-14-12)15-11(16)8-9-3-6-17-7-4-9/h1-2,5,9H,3-4,6-8H2,(H,15,16). The van der Waals surface area contributed by atoms with Gasteiger partial charge in [0.2, 0.25) is 5.91 Å². The molecule has 1 aromatic rings. The quantitative estimate of drug-likeness (QED) is 0.870. The highest BCUT2D eigenvalue weighted by Crippen LogP contribution is 2.26. The van der Waals surface area contributed by atoms with E-state index in [9.17, 15) is 4.79 Å². The second-order valence-corrected chi connectivity index (χ2v) is 6.13. The SMILES string of the molecule is O=C(CC1CCSCC1)Nc1cccnc1Br. The number of nitrogens with one attached hydrogen (secondary N) is 1. The van der Waals surface area contributed by atoms with E-state index >= 15 is 0 Å². The predicted octanol–water partition coefficient (Wildman–Crippen LogP) is 3.32. The number of carbonyl (C=O) groups is 1. The zero-order chi connectivity index (χ0) is 12.1. The Hall–Kier alpha value is -0.550. The molecule has 0 unspecified atom stereocenters. The topological polar surface area (TPSA) is 42.0 Å². The Labute approximate surface area is 114 Å². The smallest absolute Gasteiger partial charge is 0.224 e. The van der Waals surface area contributed by atoms with Crippen molar-refractivity contribution in [2.45, 2.75) is 19.3 Å². The summed E-state index contributed by atoms with van der Waals surface area (Å²) in [6.45, 7) is 0. The van der Waals surface area contributed by atoms with Crippen molar-refractivity contribution in [3.05, 3.63) is 22.9 Å². The first-order valence-electron chi connectivity index (χ1n) is 5.74. The molecule has 1 N–H and O–H groups in total.